The van der Waals surface area contributed by atoms with Crippen LogP contribution >= 0.6 is 0 Å². The second kappa shape index (κ2) is 9.82. The van der Waals surface area contributed by atoms with Crippen LogP contribution in [0.3, 0.4) is 0 Å². The maximum atomic E-state index is 13.0. The highest BCUT2D eigenvalue weighted by atomic mass is 16.6. The number of carboxylic acids is 1. The van der Waals surface area contributed by atoms with Crippen LogP contribution in [-0.2, 0) is 23.8 Å². The first-order chi connectivity index (χ1) is 16.3. The van der Waals surface area contributed by atoms with Gasteiger partial charge in [-0.2, -0.15) is 0 Å². The molecule has 9 heteroatoms. The van der Waals surface area contributed by atoms with Crippen molar-refractivity contribution in [1.29, 1.82) is 0 Å². The lowest BCUT2D eigenvalue weighted by molar-refractivity contribution is -0.148. The molecular formula is C25H28N2O7. The Kier molecular flexibility index (Phi) is 6.85. The topological polar surface area (TPSA) is 123 Å². The first kappa shape index (κ1) is 23.7. The molecule has 3 N–H and O–H groups in total. The number of carbonyl (C=O) groups excluding carboxylic acids is 2. The standard InChI is InChI=1S/C25H28N2O7/c1-25(14-32-2,23(30)26-20-11-12-33-21(20)22(28)29)27-24(31)34-13-19-17-9-5-3-7-15(17)16-8-4-6-10-18(16)19/h3-10,19-21H,11-14H2,1-2H3,(H,26,30)(H,27,31)(H,28,29). The molecule has 2 aromatic rings. The number of nitrogens with one attached hydrogen (secondary N) is 2. The number of hydrogen-bond donors (Lipinski definition) is 3. The van der Waals surface area contributed by atoms with Crippen molar-refractivity contribution in [2.24, 2.45) is 0 Å². The summed E-state index contributed by atoms with van der Waals surface area (Å²) in [5.74, 6) is -1.85. The molecule has 2 aromatic carbocycles. The Hall–Kier alpha value is -3.43. The van der Waals surface area contributed by atoms with Crippen LogP contribution < -0.4 is 10.6 Å². The monoisotopic (exact) mass is 468 g/mol. The molecule has 4 rings (SSSR count). The maximum Gasteiger partial charge on any atom is 0.408 e. The quantitative estimate of drug-likeness (QED) is 0.543. The lowest BCUT2D eigenvalue weighted by Gasteiger charge is -2.30. The van der Waals surface area contributed by atoms with Crippen LogP contribution in [0.15, 0.2) is 48.5 Å². The Labute approximate surface area is 197 Å². The van der Waals surface area contributed by atoms with E-state index >= 15 is 0 Å². The molecule has 2 aliphatic rings. The molecule has 1 heterocycles. The van der Waals surface area contributed by atoms with Gasteiger partial charge in [0.1, 0.15) is 12.1 Å². The lowest BCUT2D eigenvalue weighted by Crippen LogP contribution is -2.62. The van der Waals surface area contributed by atoms with Gasteiger partial charge in [0.25, 0.3) is 0 Å². The van der Waals surface area contributed by atoms with E-state index in [0.717, 1.165) is 22.3 Å². The zero-order valence-corrected chi connectivity index (χ0v) is 19.1. The third-order valence-corrected chi connectivity index (χ3v) is 6.31. The summed E-state index contributed by atoms with van der Waals surface area (Å²) in [6, 6.07) is 15.3. The number of benzene rings is 2. The van der Waals surface area contributed by atoms with Gasteiger partial charge in [0.2, 0.25) is 5.91 Å². The predicted molar refractivity (Wildman–Crippen MR) is 122 cm³/mol. The average Bonchev–Trinajstić information content (AvgIpc) is 3.40. The number of aliphatic carboxylic acids is 1. The molecule has 2 amide bonds. The molecule has 3 unspecified atom stereocenters. The fraction of sp³-hybridized carbons (Fsp3) is 0.400. The largest absolute Gasteiger partial charge is 0.479 e. The molecule has 1 saturated heterocycles. The first-order valence-electron chi connectivity index (χ1n) is 11.1. The highest BCUT2D eigenvalue weighted by Crippen LogP contribution is 2.44. The fourth-order valence-electron chi connectivity index (χ4n) is 4.62. The fourth-order valence-corrected chi connectivity index (χ4v) is 4.62. The van der Waals surface area contributed by atoms with Gasteiger partial charge in [0.05, 0.1) is 12.6 Å². The number of carbonyl (C=O) groups is 3. The van der Waals surface area contributed by atoms with Gasteiger partial charge in [0.15, 0.2) is 6.10 Å². The molecule has 1 aliphatic heterocycles. The van der Waals surface area contributed by atoms with Crippen molar-refractivity contribution < 1.29 is 33.7 Å². The van der Waals surface area contributed by atoms with Gasteiger partial charge in [-0.1, -0.05) is 48.5 Å². The number of hydrogen-bond acceptors (Lipinski definition) is 6. The van der Waals surface area contributed by atoms with Crippen LogP contribution in [-0.4, -0.2) is 67.7 Å². The van der Waals surface area contributed by atoms with Crippen LogP contribution in [0.2, 0.25) is 0 Å². The average molecular weight is 469 g/mol. The maximum absolute atomic E-state index is 13.0. The minimum absolute atomic E-state index is 0.0993. The Bertz CT molecular complexity index is 1040. The number of ether oxygens (including phenoxy) is 3. The van der Waals surface area contributed by atoms with Crippen LogP contribution in [0.1, 0.15) is 30.4 Å². The van der Waals surface area contributed by atoms with E-state index in [2.05, 4.69) is 10.6 Å². The van der Waals surface area contributed by atoms with Crippen molar-refractivity contribution in [1.82, 2.24) is 10.6 Å². The van der Waals surface area contributed by atoms with Gasteiger partial charge in [-0.05, 0) is 35.6 Å². The lowest BCUT2D eigenvalue weighted by atomic mass is 9.98. The number of amides is 2. The summed E-state index contributed by atoms with van der Waals surface area (Å²) in [5, 5.41) is 14.5. The summed E-state index contributed by atoms with van der Waals surface area (Å²) in [6.07, 6.45) is -1.55. The van der Waals surface area contributed by atoms with E-state index in [1.54, 1.807) is 0 Å². The summed E-state index contributed by atoms with van der Waals surface area (Å²) < 4.78 is 15.9. The van der Waals surface area contributed by atoms with Gasteiger partial charge in [0, 0.05) is 19.6 Å². The summed E-state index contributed by atoms with van der Waals surface area (Å²) in [5.41, 5.74) is 2.91. The van der Waals surface area contributed by atoms with E-state index in [1.165, 1.54) is 14.0 Å². The van der Waals surface area contributed by atoms with Gasteiger partial charge >= 0.3 is 12.1 Å². The van der Waals surface area contributed by atoms with Crippen molar-refractivity contribution in [3.63, 3.8) is 0 Å². The molecule has 180 valence electrons. The van der Waals surface area contributed by atoms with Crippen molar-refractivity contribution in [2.45, 2.75) is 36.9 Å². The van der Waals surface area contributed by atoms with E-state index in [-0.39, 0.29) is 25.7 Å². The number of carboxylic acid groups (broad SMARTS) is 1. The van der Waals surface area contributed by atoms with E-state index < -0.39 is 35.7 Å². The van der Waals surface area contributed by atoms with Crippen LogP contribution in [0.4, 0.5) is 4.79 Å². The zero-order chi connectivity index (χ0) is 24.3. The summed E-state index contributed by atoms with van der Waals surface area (Å²) >= 11 is 0. The third-order valence-electron chi connectivity index (χ3n) is 6.31. The van der Waals surface area contributed by atoms with Crippen LogP contribution in [0.5, 0.6) is 0 Å². The molecule has 3 atom stereocenters. The van der Waals surface area contributed by atoms with E-state index in [0.29, 0.717) is 6.42 Å². The van der Waals surface area contributed by atoms with Crippen LogP contribution in [0.25, 0.3) is 11.1 Å². The Balaban J connectivity index is 1.42. The number of rotatable bonds is 8. The van der Waals surface area contributed by atoms with Crippen molar-refractivity contribution >= 4 is 18.0 Å². The second-order valence-electron chi connectivity index (χ2n) is 8.71. The molecule has 34 heavy (non-hydrogen) atoms. The molecular weight excluding hydrogens is 440 g/mol. The summed E-state index contributed by atoms with van der Waals surface area (Å²) in [4.78, 5) is 37.1. The molecule has 1 aliphatic carbocycles. The van der Waals surface area contributed by atoms with E-state index in [1.807, 2.05) is 48.5 Å². The molecule has 0 aromatic heterocycles. The van der Waals surface area contributed by atoms with E-state index in [4.69, 9.17) is 14.2 Å². The molecule has 9 nitrogen and oxygen atoms in total. The molecule has 0 bridgehead atoms. The minimum atomic E-state index is -1.47. The van der Waals surface area contributed by atoms with Crippen LogP contribution in [0, 0.1) is 0 Å². The number of alkyl carbamates (subject to hydrolysis) is 1. The molecule has 0 spiro atoms. The Morgan fingerprint density at radius 1 is 1.09 bits per heavy atom. The van der Waals surface area contributed by atoms with Gasteiger partial charge in [-0.25, -0.2) is 9.59 Å². The smallest absolute Gasteiger partial charge is 0.408 e. The minimum Gasteiger partial charge on any atom is -0.479 e. The number of fused-ring (bicyclic) bond motifs is 3. The zero-order valence-electron chi connectivity index (χ0n) is 19.1. The van der Waals surface area contributed by atoms with Gasteiger partial charge in [-0.3, -0.25) is 4.79 Å². The Morgan fingerprint density at radius 3 is 2.29 bits per heavy atom. The predicted octanol–water partition coefficient (Wildman–Crippen LogP) is 2.29. The number of methoxy groups -OCH3 is 1. The summed E-state index contributed by atoms with van der Waals surface area (Å²) in [6.45, 7) is 1.69. The molecule has 0 saturated carbocycles. The first-order valence-corrected chi connectivity index (χ1v) is 11.1. The Morgan fingerprint density at radius 2 is 1.71 bits per heavy atom. The highest BCUT2D eigenvalue weighted by molar-refractivity contribution is 5.90. The van der Waals surface area contributed by atoms with Crippen molar-refractivity contribution in [2.75, 3.05) is 26.9 Å². The van der Waals surface area contributed by atoms with Crippen molar-refractivity contribution in [3.8, 4) is 11.1 Å². The summed E-state index contributed by atoms with van der Waals surface area (Å²) in [7, 11) is 1.41. The third kappa shape index (κ3) is 4.62. The normalized spacial score (nSPS) is 20.6. The molecule has 0 radical (unpaired) electrons. The molecule has 1 fully saturated rings. The SMILES string of the molecule is COCC(C)(NC(=O)OCC1c2ccccc2-c2ccccc21)C(=O)NC1CCOC1C(=O)O. The highest BCUT2D eigenvalue weighted by Gasteiger charge is 2.41. The van der Waals surface area contributed by atoms with Crippen molar-refractivity contribution in [3.05, 3.63) is 59.7 Å². The van der Waals surface area contributed by atoms with Gasteiger partial charge < -0.3 is 30.0 Å². The second-order valence-corrected chi connectivity index (χ2v) is 8.71. The van der Waals surface area contributed by atoms with Gasteiger partial charge in [-0.15, -0.1) is 0 Å². The van der Waals surface area contributed by atoms with E-state index in [9.17, 15) is 19.5 Å².